The zero-order chi connectivity index (χ0) is 22.0. The van der Waals surface area contributed by atoms with Crippen LogP contribution in [0.15, 0.2) is 76.7 Å². The minimum absolute atomic E-state index is 0.0998. The summed E-state index contributed by atoms with van der Waals surface area (Å²) in [4.78, 5) is 30.5. The number of anilines is 1. The van der Waals surface area contributed by atoms with Gasteiger partial charge in [0.1, 0.15) is 0 Å². The maximum absolute atomic E-state index is 13.2. The molecule has 7 heteroatoms. The Morgan fingerprint density at radius 1 is 1.06 bits per heavy atom. The third-order valence-corrected chi connectivity index (χ3v) is 6.02. The number of thioether (sulfide) groups is 1. The van der Waals surface area contributed by atoms with Crippen molar-refractivity contribution in [2.45, 2.75) is 19.0 Å². The average Bonchev–Trinajstić information content (AvgIpc) is 2.76. The summed E-state index contributed by atoms with van der Waals surface area (Å²) in [5, 5.41) is 4.43. The van der Waals surface area contributed by atoms with Gasteiger partial charge in [-0.15, -0.1) is 0 Å². The maximum Gasteiger partial charge on any atom is 0.266 e. The van der Waals surface area contributed by atoms with Crippen molar-refractivity contribution in [1.29, 1.82) is 0 Å². The van der Waals surface area contributed by atoms with Crippen molar-refractivity contribution in [2.24, 2.45) is 0 Å². The maximum atomic E-state index is 13.2. The second-order valence-electron chi connectivity index (χ2n) is 7.18. The zero-order valence-electron chi connectivity index (χ0n) is 17.1. The van der Waals surface area contributed by atoms with Crippen LogP contribution in [0.2, 0.25) is 5.02 Å². The number of aryl methyl sites for hydroxylation is 2. The van der Waals surface area contributed by atoms with Crippen LogP contribution in [-0.2, 0) is 4.79 Å². The summed E-state index contributed by atoms with van der Waals surface area (Å²) in [5.74, 6) is -0.101. The number of carbonyl (C=O) groups is 1. The highest BCUT2D eigenvalue weighted by atomic mass is 35.5. The molecule has 5 nitrogen and oxygen atoms in total. The largest absolute Gasteiger partial charge is 0.325 e. The van der Waals surface area contributed by atoms with E-state index in [2.05, 4.69) is 10.3 Å². The molecule has 156 valence electrons. The molecule has 4 rings (SSSR count). The van der Waals surface area contributed by atoms with Crippen LogP contribution in [0.5, 0.6) is 0 Å². The molecule has 0 saturated heterocycles. The molecule has 1 aromatic heterocycles. The first-order valence-corrected chi connectivity index (χ1v) is 11.1. The lowest BCUT2D eigenvalue weighted by Gasteiger charge is -2.14. The van der Waals surface area contributed by atoms with Crippen LogP contribution < -0.4 is 10.9 Å². The number of para-hydroxylation sites is 1. The fraction of sp³-hybridized carbons (Fsp3) is 0.125. The van der Waals surface area contributed by atoms with E-state index in [1.165, 1.54) is 11.8 Å². The van der Waals surface area contributed by atoms with Gasteiger partial charge in [-0.3, -0.25) is 14.2 Å². The van der Waals surface area contributed by atoms with Crippen LogP contribution in [-0.4, -0.2) is 21.2 Å². The van der Waals surface area contributed by atoms with Gasteiger partial charge in [0.25, 0.3) is 5.56 Å². The summed E-state index contributed by atoms with van der Waals surface area (Å²) in [6, 6.07) is 20.2. The summed E-state index contributed by atoms with van der Waals surface area (Å²) in [6.45, 7) is 3.89. The van der Waals surface area contributed by atoms with Gasteiger partial charge in [0.05, 0.1) is 22.3 Å². The monoisotopic (exact) mass is 449 g/mol. The van der Waals surface area contributed by atoms with Crippen molar-refractivity contribution in [2.75, 3.05) is 11.1 Å². The van der Waals surface area contributed by atoms with Crippen molar-refractivity contribution in [1.82, 2.24) is 9.55 Å². The van der Waals surface area contributed by atoms with Crippen molar-refractivity contribution in [3.8, 4) is 5.69 Å². The zero-order valence-corrected chi connectivity index (χ0v) is 18.6. The fourth-order valence-electron chi connectivity index (χ4n) is 3.18. The van der Waals surface area contributed by atoms with Gasteiger partial charge >= 0.3 is 0 Å². The van der Waals surface area contributed by atoms with Gasteiger partial charge in [0, 0.05) is 10.7 Å². The minimum atomic E-state index is -0.201. The van der Waals surface area contributed by atoms with Gasteiger partial charge < -0.3 is 5.32 Å². The first-order chi connectivity index (χ1) is 14.9. The number of rotatable bonds is 5. The molecule has 0 aliphatic carbocycles. The third-order valence-electron chi connectivity index (χ3n) is 4.84. The predicted molar refractivity (Wildman–Crippen MR) is 128 cm³/mol. The van der Waals surface area contributed by atoms with Gasteiger partial charge in [-0.1, -0.05) is 59.3 Å². The van der Waals surface area contributed by atoms with E-state index in [9.17, 15) is 9.59 Å². The van der Waals surface area contributed by atoms with Gasteiger partial charge in [0.2, 0.25) is 5.91 Å². The van der Waals surface area contributed by atoms with Gasteiger partial charge in [-0.25, -0.2) is 4.98 Å². The topological polar surface area (TPSA) is 64.0 Å². The van der Waals surface area contributed by atoms with E-state index >= 15 is 0 Å². The Labute approximate surface area is 189 Å². The van der Waals surface area contributed by atoms with Crippen LogP contribution in [0.4, 0.5) is 5.69 Å². The molecule has 3 aromatic carbocycles. The molecular weight excluding hydrogens is 430 g/mol. The molecule has 0 aliphatic heterocycles. The molecule has 0 saturated carbocycles. The summed E-state index contributed by atoms with van der Waals surface area (Å²) in [5.41, 5.74) is 3.83. The molecule has 0 radical (unpaired) electrons. The smallest absolute Gasteiger partial charge is 0.266 e. The van der Waals surface area contributed by atoms with E-state index in [1.807, 2.05) is 56.3 Å². The fourth-order valence-corrected chi connectivity index (χ4v) is 4.16. The summed E-state index contributed by atoms with van der Waals surface area (Å²) in [6.07, 6.45) is 0. The lowest BCUT2D eigenvalue weighted by atomic mass is 10.2. The van der Waals surface area contributed by atoms with Crippen molar-refractivity contribution >= 4 is 45.9 Å². The standard InChI is InChI=1S/C24H20ClN3O2S/c1-15-7-11-18(12-8-15)28-23(30)19-5-3-4-6-20(19)27-24(28)31-14-22(29)26-21-13-17(25)10-9-16(21)2/h3-13H,14H2,1-2H3,(H,26,29). The van der Waals surface area contributed by atoms with Crippen LogP contribution in [0.25, 0.3) is 16.6 Å². The van der Waals surface area contributed by atoms with Gasteiger partial charge in [-0.2, -0.15) is 0 Å². The number of nitrogens with zero attached hydrogens (tertiary/aromatic N) is 2. The molecule has 0 unspecified atom stereocenters. The van der Waals surface area contributed by atoms with Crippen LogP contribution >= 0.6 is 23.4 Å². The highest BCUT2D eigenvalue weighted by Gasteiger charge is 2.15. The summed E-state index contributed by atoms with van der Waals surface area (Å²) in [7, 11) is 0. The van der Waals surface area contributed by atoms with E-state index in [1.54, 1.807) is 28.8 Å². The number of hydrogen-bond acceptors (Lipinski definition) is 4. The quantitative estimate of drug-likeness (QED) is 0.328. The van der Waals surface area contributed by atoms with Crippen LogP contribution in [0.1, 0.15) is 11.1 Å². The second-order valence-corrected chi connectivity index (χ2v) is 8.56. The van der Waals surface area contributed by atoms with E-state index < -0.39 is 0 Å². The van der Waals surface area contributed by atoms with Crippen molar-refractivity contribution < 1.29 is 4.79 Å². The molecule has 0 atom stereocenters. The molecule has 1 heterocycles. The predicted octanol–water partition coefficient (Wildman–Crippen LogP) is 5.39. The number of fused-ring (bicyclic) bond motifs is 1. The molecule has 4 aromatic rings. The number of carbonyl (C=O) groups excluding carboxylic acids is 1. The number of hydrogen-bond donors (Lipinski definition) is 1. The van der Waals surface area contributed by atoms with Crippen LogP contribution in [0, 0.1) is 13.8 Å². The molecule has 0 bridgehead atoms. The van der Waals surface area contributed by atoms with E-state index in [0.717, 1.165) is 11.1 Å². The first-order valence-electron chi connectivity index (χ1n) is 9.70. The number of nitrogens with one attached hydrogen (secondary N) is 1. The van der Waals surface area contributed by atoms with Crippen molar-refractivity contribution in [3.63, 3.8) is 0 Å². The highest BCUT2D eigenvalue weighted by molar-refractivity contribution is 7.99. The Morgan fingerprint density at radius 2 is 1.81 bits per heavy atom. The Balaban J connectivity index is 1.67. The normalized spacial score (nSPS) is 10.9. The average molecular weight is 450 g/mol. The molecule has 1 amide bonds. The molecule has 31 heavy (non-hydrogen) atoms. The molecule has 0 fully saturated rings. The Bertz CT molecular complexity index is 1330. The Hall–Kier alpha value is -3.09. The lowest BCUT2D eigenvalue weighted by molar-refractivity contribution is -0.113. The summed E-state index contributed by atoms with van der Waals surface area (Å²) >= 11 is 7.26. The Morgan fingerprint density at radius 3 is 2.58 bits per heavy atom. The highest BCUT2D eigenvalue weighted by Crippen LogP contribution is 2.23. The van der Waals surface area contributed by atoms with Gasteiger partial charge in [-0.05, 0) is 55.8 Å². The van der Waals surface area contributed by atoms with Crippen molar-refractivity contribution in [3.05, 3.63) is 93.2 Å². The van der Waals surface area contributed by atoms with Crippen LogP contribution in [0.3, 0.4) is 0 Å². The third kappa shape index (κ3) is 4.65. The second kappa shape index (κ2) is 8.96. The molecule has 0 spiro atoms. The number of benzene rings is 3. The molecule has 1 N–H and O–H groups in total. The minimum Gasteiger partial charge on any atom is -0.325 e. The van der Waals surface area contributed by atoms with E-state index in [4.69, 9.17) is 11.6 Å². The Kier molecular flexibility index (Phi) is 6.11. The lowest BCUT2D eigenvalue weighted by Crippen LogP contribution is -2.23. The summed E-state index contributed by atoms with van der Waals surface area (Å²) < 4.78 is 1.56. The van der Waals surface area contributed by atoms with E-state index in [0.29, 0.717) is 32.5 Å². The first kappa shape index (κ1) is 21.2. The molecule has 0 aliphatic rings. The number of halogens is 1. The molecular formula is C24H20ClN3O2S. The SMILES string of the molecule is Cc1ccc(-n2c(SCC(=O)Nc3cc(Cl)ccc3C)nc3ccccc3c2=O)cc1. The van der Waals surface area contributed by atoms with E-state index in [-0.39, 0.29) is 17.2 Å². The number of aromatic nitrogens is 2. The number of amides is 1. The van der Waals surface area contributed by atoms with Gasteiger partial charge in [0.15, 0.2) is 5.16 Å².